The number of halogens is 1. The summed E-state index contributed by atoms with van der Waals surface area (Å²) in [7, 11) is 2.11. The zero-order valence-electron chi connectivity index (χ0n) is 11.4. The van der Waals surface area contributed by atoms with Crippen molar-refractivity contribution in [3.63, 3.8) is 0 Å². The zero-order valence-corrected chi connectivity index (χ0v) is 12.2. The number of benzene rings is 1. The van der Waals surface area contributed by atoms with E-state index < -0.39 is 0 Å². The molecule has 1 heterocycles. The molecule has 0 N–H and O–H groups in total. The Morgan fingerprint density at radius 1 is 1.39 bits per heavy atom. The van der Waals surface area contributed by atoms with Gasteiger partial charge in [-0.25, -0.2) is 0 Å². The summed E-state index contributed by atoms with van der Waals surface area (Å²) >= 11 is 6.02. The van der Waals surface area contributed by atoms with Crippen LogP contribution in [0.25, 0.3) is 0 Å². The van der Waals surface area contributed by atoms with Gasteiger partial charge in [-0.05, 0) is 38.4 Å². The van der Waals surface area contributed by atoms with Gasteiger partial charge in [0.1, 0.15) is 0 Å². The van der Waals surface area contributed by atoms with Crippen LogP contribution < -0.4 is 0 Å². The van der Waals surface area contributed by atoms with Crippen LogP contribution >= 0.6 is 11.6 Å². The summed E-state index contributed by atoms with van der Waals surface area (Å²) in [4.78, 5) is 2.28. The van der Waals surface area contributed by atoms with Crippen LogP contribution in [-0.2, 0) is 11.2 Å². The minimum atomic E-state index is -0.00267. The van der Waals surface area contributed by atoms with Gasteiger partial charge in [0.25, 0.3) is 0 Å². The highest BCUT2D eigenvalue weighted by Gasteiger charge is 2.28. The van der Waals surface area contributed by atoms with Crippen LogP contribution in [0, 0.1) is 0 Å². The number of nitrogens with zero attached hydrogens (tertiary/aromatic N) is 1. The summed E-state index contributed by atoms with van der Waals surface area (Å²) in [6.45, 7) is 6.02. The molecule has 0 saturated carbocycles. The first-order valence-corrected chi connectivity index (χ1v) is 7.04. The van der Waals surface area contributed by atoms with Crippen molar-refractivity contribution in [1.29, 1.82) is 0 Å². The quantitative estimate of drug-likeness (QED) is 0.777. The zero-order chi connectivity index (χ0) is 13.2. The van der Waals surface area contributed by atoms with E-state index in [1.807, 2.05) is 0 Å². The molecule has 2 nitrogen and oxygen atoms in total. The Morgan fingerprint density at radius 3 is 2.83 bits per heavy atom. The van der Waals surface area contributed by atoms with Crippen molar-refractivity contribution >= 4 is 11.6 Å². The van der Waals surface area contributed by atoms with Crippen LogP contribution in [0.5, 0.6) is 0 Å². The Morgan fingerprint density at radius 2 is 2.11 bits per heavy atom. The number of alkyl halides is 1. The van der Waals surface area contributed by atoms with Crippen LogP contribution in [0.2, 0.25) is 0 Å². The maximum atomic E-state index is 6.02. The van der Waals surface area contributed by atoms with Gasteiger partial charge >= 0.3 is 0 Å². The second-order valence-corrected chi connectivity index (χ2v) is 5.90. The van der Waals surface area contributed by atoms with E-state index in [-0.39, 0.29) is 11.6 Å². The Balaban J connectivity index is 2.12. The number of likely N-dealkylation sites (N-methyl/N-ethyl adjacent to an activating group) is 1. The van der Waals surface area contributed by atoms with E-state index in [0.29, 0.717) is 5.88 Å². The molecular formula is C15H22ClNO. The maximum absolute atomic E-state index is 6.02. The lowest BCUT2D eigenvalue weighted by molar-refractivity contribution is 0.00369. The van der Waals surface area contributed by atoms with Gasteiger partial charge in [0, 0.05) is 18.0 Å². The average Bonchev–Trinajstić information content (AvgIpc) is 2.39. The van der Waals surface area contributed by atoms with Crippen molar-refractivity contribution in [2.75, 3.05) is 26.1 Å². The summed E-state index contributed by atoms with van der Waals surface area (Å²) in [5.74, 6) is 0.623. The topological polar surface area (TPSA) is 12.5 Å². The summed E-state index contributed by atoms with van der Waals surface area (Å²) < 4.78 is 5.93. The van der Waals surface area contributed by atoms with Crippen molar-refractivity contribution in [3.8, 4) is 0 Å². The van der Waals surface area contributed by atoms with E-state index in [1.165, 1.54) is 11.1 Å². The first-order valence-electron chi connectivity index (χ1n) is 6.51. The standard InChI is InChI=1S/C15H22ClNO/c1-15(2,11-16)17(3)10-14-13-7-5-4-6-12(13)8-9-18-14/h4-7,14H,8-11H2,1-3H3. The lowest BCUT2D eigenvalue weighted by Gasteiger charge is -2.37. The molecule has 0 bridgehead atoms. The summed E-state index contributed by atoms with van der Waals surface area (Å²) in [5, 5.41) is 0. The normalized spacial score (nSPS) is 19.9. The maximum Gasteiger partial charge on any atom is 0.0954 e. The van der Waals surface area contributed by atoms with Crippen LogP contribution in [-0.4, -0.2) is 36.5 Å². The van der Waals surface area contributed by atoms with E-state index in [2.05, 4.69) is 50.1 Å². The molecule has 1 aromatic rings. The fourth-order valence-electron chi connectivity index (χ4n) is 2.23. The molecule has 0 spiro atoms. The molecule has 0 fully saturated rings. The molecule has 100 valence electrons. The minimum Gasteiger partial charge on any atom is -0.372 e. The Bertz CT molecular complexity index is 405. The molecule has 0 amide bonds. The molecule has 1 aromatic carbocycles. The smallest absolute Gasteiger partial charge is 0.0954 e. The predicted octanol–water partition coefficient (Wildman–Crippen LogP) is 3.25. The largest absolute Gasteiger partial charge is 0.372 e. The van der Waals surface area contributed by atoms with Crippen molar-refractivity contribution in [1.82, 2.24) is 4.90 Å². The number of ether oxygens (including phenoxy) is 1. The van der Waals surface area contributed by atoms with Gasteiger partial charge in [-0.1, -0.05) is 24.3 Å². The number of rotatable bonds is 4. The van der Waals surface area contributed by atoms with Crippen LogP contribution in [0.15, 0.2) is 24.3 Å². The van der Waals surface area contributed by atoms with E-state index in [0.717, 1.165) is 19.6 Å². The summed E-state index contributed by atoms with van der Waals surface area (Å²) in [6.07, 6.45) is 1.19. The lowest BCUT2D eigenvalue weighted by atomic mass is 9.96. The second kappa shape index (κ2) is 5.60. The van der Waals surface area contributed by atoms with Crippen molar-refractivity contribution in [2.24, 2.45) is 0 Å². The number of hydrogen-bond donors (Lipinski definition) is 0. The molecule has 1 aliphatic rings. The van der Waals surface area contributed by atoms with Crippen molar-refractivity contribution in [3.05, 3.63) is 35.4 Å². The van der Waals surface area contributed by atoms with Crippen molar-refractivity contribution < 1.29 is 4.74 Å². The fourth-order valence-corrected chi connectivity index (χ4v) is 2.43. The van der Waals surface area contributed by atoms with Crippen molar-refractivity contribution in [2.45, 2.75) is 31.9 Å². The molecule has 0 radical (unpaired) electrons. The van der Waals surface area contributed by atoms with Gasteiger partial charge in [0.05, 0.1) is 12.7 Å². The van der Waals surface area contributed by atoms with E-state index in [1.54, 1.807) is 0 Å². The minimum absolute atomic E-state index is 0.00267. The molecule has 2 rings (SSSR count). The van der Waals surface area contributed by atoms with Gasteiger partial charge < -0.3 is 4.74 Å². The second-order valence-electron chi connectivity index (χ2n) is 5.63. The molecular weight excluding hydrogens is 246 g/mol. The van der Waals surface area contributed by atoms with Gasteiger partial charge in [0.15, 0.2) is 0 Å². The highest BCUT2D eigenvalue weighted by molar-refractivity contribution is 6.18. The SMILES string of the molecule is CN(CC1OCCc2ccccc21)C(C)(C)CCl. The molecule has 3 heteroatoms. The molecule has 0 aliphatic carbocycles. The van der Waals surface area contributed by atoms with Gasteiger partial charge in [-0.3, -0.25) is 4.90 Å². The first kappa shape index (κ1) is 13.9. The molecule has 1 aliphatic heterocycles. The highest BCUT2D eigenvalue weighted by Crippen LogP contribution is 2.29. The molecule has 0 saturated heterocycles. The van der Waals surface area contributed by atoms with E-state index in [9.17, 15) is 0 Å². The monoisotopic (exact) mass is 267 g/mol. The van der Waals surface area contributed by atoms with Gasteiger partial charge in [0.2, 0.25) is 0 Å². The highest BCUT2D eigenvalue weighted by atomic mass is 35.5. The third kappa shape index (κ3) is 2.87. The summed E-state index contributed by atoms with van der Waals surface area (Å²) in [5.41, 5.74) is 2.75. The molecule has 1 atom stereocenters. The average molecular weight is 268 g/mol. The fraction of sp³-hybridized carbons (Fsp3) is 0.600. The van der Waals surface area contributed by atoms with Gasteiger partial charge in [-0.2, -0.15) is 0 Å². The lowest BCUT2D eigenvalue weighted by Crippen LogP contribution is -2.45. The molecule has 1 unspecified atom stereocenters. The van der Waals surface area contributed by atoms with Crippen LogP contribution in [0.4, 0.5) is 0 Å². The number of hydrogen-bond acceptors (Lipinski definition) is 2. The molecule has 0 aromatic heterocycles. The summed E-state index contributed by atoms with van der Waals surface area (Å²) in [6, 6.07) is 8.58. The van der Waals surface area contributed by atoms with Gasteiger partial charge in [-0.15, -0.1) is 11.6 Å². The Labute approximate surface area is 115 Å². The third-order valence-electron chi connectivity index (χ3n) is 3.89. The Kier molecular flexibility index (Phi) is 4.31. The van der Waals surface area contributed by atoms with E-state index in [4.69, 9.17) is 16.3 Å². The van der Waals surface area contributed by atoms with E-state index >= 15 is 0 Å². The Hall–Kier alpha value is -0.570. The predicted molar refractivity (Wildman–Crippen MR) is 76.3 cm³/mol. The van der Waals surface area contributed by atoms with Crippen LogP contribution in [0.1, 0.15) is 31.1 Å². The number of fused-ring (bicyclic) bond motifs is 1. The third-order valence-corrected chi connectivity index (χ3v) is 4.55. The molecule has 18 heavy (non-hydrogen) atoms. The van der Waals surface area contributed by atoms with Crippen LogP contribution in [0.3, 0.4) is 0 Å². The first-order chi connectivity index (χ1) is 8.54.